The number of nitrogens with two attached hydrogens (primary N) is 1. The van der Waals surface area contributed by atoms with Gasteiger partial charge in [-0.3, -0.25) is 14.2 Å². The van der Waals surface area contributed by atoms with E-state index in [0.29, 0.717) is 16.8 Å². The lowest BCUT2D eigenvalue weighted by Crippen LogP contribution is -2.32. The second-order valence-electron chi connectivity index (χ2n) is 8.41. The van der Waals surface area contributed by atoms with Crippen LogP contribution in [0.15, 0.2) is 77.9 Å². The van der Waals surface area contributed by atoms with Crippen molar-refractivity contribution >= 4 is 28.1 Å². The third kappa shape index (κ3) is 4.55. The van der Waals surface area contributed by atoms with Crippen LogP contribution in [0.25, 0.3) is 22.1 Å². The van der Waals surface area contributed by atoms with E-state index in [0.717, 1.165) is 0 Å². The number of nitrogens with one attached hydrogen (secondary N) is 1. The minimum absolute atomic E-state index is 0.0137. The number of para-hydroxylation sites is 1. The number of carbonyl (C=O) groups excluding carboxylic acids is 1. The molecule has 5 aromatic rings. The van der Waals surface area contributed by atoms with Crippen molar-refractivity contribution in [1.82, 2.24) is 24.5 Å². The Labute approximate surface area is 213 Å². The fourth-order valence-corrected chi connectivity index (χ4v) is 4.25. The first-order valence-electron chi connectivity index (χ1n) is 11.4. The molecule has 0 aliphatic rings. The van der Waals surface area contributed by atoms with Crippen LogP contribution in [0, 0.1) is 11.8 Å². The number of nitrogens with zero attached hydrogens (tertiary/aromatic N) is 4. The molecule has 0 aliphatic heterocycles. The van der Waals surface area contributed by atoms with Gasteiger partial charge in [0.2, 0.25) is 0 Å². The summed E-state index contributed by atoms with van der Waals surface area (Å²) in [4.78, 5) is 31.2. The van der Waals surface area contributed by atoms with Crippen LogP contribution in [-0.4, -0.2) is 31.2 Å². The summed E-state index contributed by atoms with van der Waals surface area (Å²) in [5.41, 5.74) is 6.56. The predicted octanol–water partition coefficient (Wildman–Crippen LogP) is 4.02. The lowest BCUT2D eigenvalue weighted by molar-refractivity contribution is -0.0696. The number of carbonyl (C=O) groups is 1. The van der Waals surface area contributed by atoms with E-state index >= 15 is 0 Å². The highest BCUT2D eigenvalue weighted by Gasteiger charge is 2.25. The van der Waals surface area contributed by atoms with E-state index in [1.54, 1.807) is 61.7 Å². The van der Waals surface area contributed by atoms with Gasteiger partial charge in [-0.2, -0.15) is 13.2 Å². The summed E-state index contributed by atoms with van der Waals surface area (Å²) < 4.78 is 41.1. The lowest BCUT2D eigenvalue weighted by atomic mass is 10.0. The number of hydrogen-bond acceptors (Lipinski definition) is 5. The molecule has 0 saturated heterocycles. The van der Waals surface area contributed by atoms with Crippen LogP contribution >= 0.6 is 0 Å². The number of hydrogen-bond donors (Lipinski definition) is 2. The first-order valence-corrected chi connectivity index (χ1v) is 11.4. The van der Waals surface area contributed by atoms with E-state index < -0.39 is 23.7 Å². The molecule has 3 N–H and O–H groups in total. The van der Waals surface area contributed by atoms with Gasteiger partial charge in [0.05, 0.1) is 11.4 Å². The van der Waals surface area contributed by atoms with Crippen LogP contribution in [0.4, 0.5) is 19.0 Å². The van der Waals surface area contributed by atoms with E-state index in [9.17, 15) is 22.8 Å². The molecule has 38 heavy (non-hydrogen) atoms. The maximum atomic E-state index is 13.8. The van der Waals surface area contributed by atoms with Crippen molar-refractivity contribution in [2.75, 3.05) is 5.73 Å². The van der Waals surface area contributed by atoms with Crippen LogP contribution < -0.4 is 16.6 Å². The maximum Gasteiger partial charge on any atom is 0.458 e. The summed E-state index contributed by atoms with van der Waals surface area (Å²) in [6.07, 6.45) is -1.60. The van der Waals surface area contributed by atoms with Crippen LogP contribution in [0.2, 0.25) is 0 Å². The fourth-order valence-electron chi connectivity index (χ4n) is 4.25. The Balaban J connectivity index is 1.66. The van der Waals surface area contributed by atoms with Gasteiger partial charge < -0.3 is 11.1 Å². The molecule has 0 aliphatic carbocycles. The molecule has 1 unspecified atom stereocenters. The Morgan fingerprint density at radius 1 is 1.11 bits per heavy atom. The highest BCUT2D eigenvalue weighted by Crippen LogP contribution is 2.25. The highest BCUT2D eigenvalue weighted by atomic mass is 19.4. The Bertz CT molecular complexity index is 1810. The van der Waals surface area contributed by atoms with Crippen molar-refractivity contribution in [1.29, 1.82) is 0 Å². The molecule has 5 rings (SSSR count). The normalized spacial score (nSPS) is 12.2. The van der Waals surface area contributed by atoms with Gasteiger partial charge in [0.1, 0.15) is 5.56 Å². The Kier molecular flexibility index (Phi) is 6.08. The van der Waals surface area contributed by atoms with E-state index in [-0.39, 0.29) is 28.0 Å². The summed E-state index contributed by atoms with van der Waals surface area (Å²) in [6.45, 7) is 1.68. The molecule has 0 spiro atoms. The standard InChI is InChI=1S/C27H19F3N6O2/c1-16(33-25(37)22-23(31)34-35-14-6-13-32-24(22)35)20-15-18-8-5-7-17(11-12-27(28,29)30)21(18)26(38)36(20)19-9-3-2-4-10-19/h2-10,13-16H,1H3,(H2,31,34)(H,33,37). The number of benzene rings is 2. The Morgan fingerprint density at radius 2 is 1.87 bits per heavy atom. The Hall–Kier alpha value is -5.11. The molecule has 0 radical (unpaired) electrons. The number of pyridine rings is 1. The Morgan fingerprint density at radius 3 is 2.61 bits per heavy atom. The van der Waals surface area contributed by atoms with Crippen LogP contribution in [0.1, 0.15) is 34.6 Å². The largest absolute Gasteiger partial charge is 0.458 e. The average Bonchev–Trinajstić information content (AvgIpc) is 3.23. The molecule has 8 nitrogen and oxygen atoms in total. The van der Waals surface area contributed by atoms with Gasteiger partial charge in [-0.15, -0.1) is 5.10 Å². The van der Waals surface area contributed by atoms with Gasteiger partial charge in [0.15, 0.2) is 11.5 Å². The number of alkyl halides is 3. The van der Waals surface area contributed by atoms with Crippen molar-refractivity contribution < 1.29 is 18.0 Å². The number of halogens is 3. The number of amides is 1. The van der Waals surface area contributed by atoms with Gasteiger partial charge in [0.25, 0.3) is 11.5 Å². The van der Waals surface area contributed by atoms with Crippen molar-refractivity contribution in [3.05, 3.63) is 100 Å². The molecule has 3 aromatic heterocycles. The smallest absolute Gasteiger partial charge is 0.381 e. The summed E-state index contributed by atoms with van der Waals surface area (Å²) in [7, 11) is 0. The third-order valence-electron chi connectivity index (χ3n) is 5.87. The molecular weight excluding hydrogens is 497 g/mol. The number of nitrogen functional groups attached to an aromatic ring is 1. The number of fused-ring (bicyclic) bond motifs is 2. The van der Waals surface area contributed by atoms with Crippen LogP contribution in [-0.2, 0) is 0 Å². The highest BCUT2D eigenvalue weighted by molar-refractivity contribution is 6.04. The van der Waals surface area contributed by atoms with Crippen molar-refractivity contribution in [2.45, 2.75) is 19.1 Å². The van der Waals surface area contributed by atoms with Crippen molar-refractivity contribution in [2.24, 2.45) is 0 Å². The number of rotatable bonds is 4. The molecule has 0 saturated carbocycles. The first-order chi connectivity index (χ1) is 18.1. The molecule has 3 heterocycles. The van der Waals surface area contributed by atoms with Gasteiger partial charge in [-0.25, -0.2) is 9.50 Å². The number of aromatic nitrogens is 4. The van der Waals surface area contributed by atoms with Gasteiger partial charge >= 0.3 is 6.18 Å². The van der Waals surface area contributed by atoms with E-state index in [1.165, 1.54) is 33.3 Å². The van der Waals surface area contributed by atoms with E-state index in [4.69, 9.17) is 5.73 Å². The quantitative estimate of drug-likeness (QED) is 0.351. The predicted molar refractivity (Wildman–Crippen MR) is 136 cm³/mol. The molecule has 190 valence electrons. The third-order valence-corrected chi connectivity index (χ3v) is 5.87. The number of anilines is 1. The van der Waals surface area contributed by atoms with Crippen LogP contribution in [0.5, 0.6) is 0 Å². The van der Waals surface area contributed by atoms with E-state index in [2.05, 4.69) is 21.3 Å². The zero-order valence-corrected chi connectivity index (χ0v) is 19.8. The summed E-state index contributed by atoms with van der Waals surface area (Å²) in [6, 6.07) is 15.6. The molecular formula is C27H19F3N6O2. The SMILES string of the molecule is CC(NC(=O)c1c(N)nn2cccnc12)c1cc2cccc(C#CC(F)(F)F)c2c(=O)n1-c1ccccc1. The topological polar surface area (TPSA) is 107 Å². The summed E-state index contributed by atoms with van der Waals surface area (Å²) >= 11 is 0. The molecule has 0 fully saturated rings. The van der Waals surface area contributed by atoms with Gasteiger partial charge in [0, 0.05) is 35.3 Å². The first kappa shape index (κ1) is 24.6. The molecule has 2 aromatic carbocycles. The molecule has 1 atom stereocenters. The van der Waals surface area contributed by atoms with Gasteiger partial charge in [-0.1, -0.05) is 36.3 Å². The minimum atomic E-state index is -4.71. The zero-order chi connectivity index (χ0) is 27.0. The van der Waals surface area contributed by atoms with Crippen molar-refractivity contribution in [3.63, 3.8) is 0 Å². The molecule has 11 heteroatoms. The minimum Gasteiger partial charge on any atom is -0.381 e. The zero-order valence-electron chi connectivity index (χ0n) is 19.8. The monoisotopic (exact) mass is 516 g/mol. The second kappa shape index (κ2) is 9.40. The average molecular weight is 516 g/mol. The second-order valence-corrected chi connectivity index (χ2v) is 8.41. The maximum absolute atomic E-state index is 13.8. The van der Waals surface area contributed by atoms with E-state index in [1.807, 2.05) is 0 Å². The summed E-state index contributed by atoms with van der Waals surface area (Å²) in [5, 5.41) is 7.36. The fraction of sp³-hybridized carbons (Fsp3) is 0.111. The summed E-state index contributed by atoms with van der Waals surface area (Å²) in [5.74, 6) is 2.75. The van der Waals surface area contributed by atoms with Crippen molar-refractivity contribution in [3.8, 4) is 17.5 Å². The van der Waals surface area contributed by atoms with Gasteiger partial charge in [-0.05, 0) is 42.6 Å². The molecule has 0 bridgehead atoms. The van der Waals surface area contributed by atoms with Crippen LogP contribution in [0.3, 0.4) is 0 Å². The molecule has 1 amide bonds. The lowest BCUT2D eigenvalue weighted by Gasteiger charge is -2.21.